The van der Waals surface area contributed by atoms with Crippen molar-refractivity contribution in [2.75, 3.05) is 13.1 Å². The number of rotatable bonds is 4. The second-order valence-electron chi connectivity index (χ2n) is 5.18. The van der Waals surface area contributed by atoms with Crippen molar-refractivity contribution in [3.8, 4) is 6.07 Å². The summed E-state index contributed by atoms with van der Waals surface area (Å²) < 4.78 is 5.16. The van der Waals surface area contributed by atoms with Crippen LogP contribution in [0.4, 0.5) is 0 Å². The second kappa shape index (κ2) is 7.95. The Morgan fingerprint density at radius 1 is 1.32 bits per heavy atom. The minimum Gasteiger partial charge on any atom is -0.460 e. The highest BCUT2D eigenvalue weighted by molar-refractivity contribution is 9.10. The summed E-state index contributed by atoms with van der Waals surface area (Å²) in [5, 5.41) is 8.85. The van der Waals surface area contributed by atoms with Gasteiger partial charge >= 0.3 is 5.97 Å². The topological polar surface area (TPSA) is 70.4 Å². The number of nitrogens with zero attached hydrogens (tertiary/aromatic N) is 2. The Hall–Kier alpha value is -1.87. The average Bonchev–Trinajstić information content (AvgIpc) is 2.59. The lowest BCUT2D eigenvalue weighted by Crippen LogP contribution is -2.44. The standard InChI is InChI=1S/C16H17BrN2O3/c17-14(15(20)19-8-6-12(10-18)7-9-19)16(21)22-11-13-4-2-1-3-5-13/h1-5,12,14H,6-9,11H2. The molecular weight excluding hydrogens is 348 g/mol. The molecule has 1 amide bonds. The smallest absolute Gasteiger partial charge is 0.329 e. The van der Waals surface area contributed by atoms with Crippen LogP contribution in [0, 0.1) is 17.2 Å². The van der Waals surface area contributed by atoms with Crippen LogP contribution in [0.15, 0.2) is 30.3 Å². The van der Waals surface area contributed by atoms with E-state index in [1.807, 2.05) is 30.3 Å². The summed E-state index contributed by atoms with van der Waals surface area (Å²) >= 11 is 3.12. The number of hydrogen-bond acceptors (Lipinski definition) is 4. The Bertz CT molecular complexity index is 563. The van der Waals surface area contributed by atoms with Gasteiger partial charge in [0.2, 0.25) is 5.91 Å². The van der Waals surface area contributed by atoms with Crippen LogP contribution < -0.4 is 0 Å². The van der Waals surface area contributed by atoms with E-state index in [-0.39, 0.29) is 18.4 Å². The minimum absolute atomic E-state index is 0.00265. The first-order valence-corrected chi connectivity index (χ1v) is 8.06. The van der Waals surface area contributed by atoms with Crippen LogP contribution in [0.25, 0.3) is 0 Å². The molecule has 0 radical (unpaired) electrons. The van der Waals surface area contributed by atoms with Crippen molar-refractivity contribution in [1.29, 1.82) is 5.26 Å². The Kier molecular flexibility index (Phi) is 5.96. The maximum absolute atomic E-state index is 12.2. The fourth-order valence-corrected chi connectivity index (χ4v) is 2.71. The number of alkyl halides is 1. The molecular formula is C16H17BrN2O3. The number of piperidine rings is 1. The number of carbonyl (C=O) groups is 2. The third-order valence-electron chi connectivity index (χ3n) is 3.64. The van der Waals surface area contributed by atoms with E-state index in [0.29, 0.717) is 25.9 Å². The molecule has 0 spiro atoms. The molecule has 1 heterocycles. The zero-order valence-electron chi connectivity index (χ0n) is 12.1. The molecule has 1 aliphatic rings. The monoisotopic (exact) mass is 364 g/mol. The van der Waals surface area contributed by atoms with E-state index in [4.69, 9.17) is 10.00 Å². The molecule has 0 saturated carbocycles. The Balaban J connectivity index is 1.82. The van der Waals surface area contributed by atoms with Crippen molar-refractivity contribution in [1.82, 2.24) is 4.90 Å². The third-order valence-corrected chi connectivity index (χ3v) is 4.40. The largest absolute Gasteiger partial charge is 0.460 e. The molecule has 1 fully saturated rings. The van der Waals surface area contributed by atoms with Gasteiger partial charge in [0.1, 0.15) is 6.61 Å². The van der Waals surface area contributed by atoms with E-state index in [9.17, 15) is 9.59 Å². The fraction of sp³-hybridized carbons (Fsp3) is 0.438. The van der Waals surface area contributed by atoms with Gasteiger partial charge in [-0.1, -0.05) is 46.3 Å². The lowest BCUT2D eigenvalue weighted by atomic mass is 9.98. The molecule has 6 heteroatoms. The first-order valence-electron chi connectivity index (χ1n) is 7.15. The highest BCUT2D eigenvalue weighted by Crippen LogP contribution is 2.19. The van der Waals surface area contributed by atoms with Gasteiger partial charge in [0.15, 0.2) is 4.83 Å². The SMILES string of the molecule is N#CC1CCN(C(=O)C(Br)C(=O)OCc2ccccc2)CC1. The molecule has 1 saturated heterocycles. The lowest BCUT2D eigenvalue weighted by Gasteiger charge is -2.30. The average molecular weight is 365 g/mol. The van der Waals surface area contributed by atoms with Gasteiger partial charge in [-0.05, 0) is 18.4 Å². The van der Waals surface area contributed by atoms with Gasteiger partial charge in [-0.15, -0.1) is 0 Å². The van der Waals surface area contributed by atoms with Gasteiger partial charge in [0.05, 0.1) is 6.07 Å². The summed E-state index contributed by atoms with van der Waals surface area (Å²) in [6.07, 6.45) is 1.31. The van der Waals surface area contributed by atoms with E-state index >= 15 is 0 Å². The summed E-state index contributed by atoms with van der Waals surface area (Å²) in [6, 6.07) is 11.5. The fourth-order valence-electron chi connectivity index (χ4n) is 2.29. The minimum atomic E-state index is -0.991. The quantitative estimate of drug-likeness (QED) is 0.466. The number of hydrogen-bond donors (Lipinski definition) is 0. The predicted octanol–water partition coefficient (Wildman–Crippen LogP) is 2.26. The number of nitriles is 1. The summed E-state index contributed by atoms with van der Waals surface area (Å²) in [5.41, 5.74) is 0.873. The molecule has 1 aliphatic heterocycles. The number of carbonyl (C=O) groups excluding carboxylic acids is 2. The van der Waals surface area contributed by atoms with E-state index in [1.165, 1.54) is 0 Å². The number of amides is 1. The van der Waals surface area contributed by atoms with Gasteiger partial charge in [-0.2, -0.15) is 5.26 Å². The van der Waals surface area contributed by atoms with Crippen LogP contribution in [0.2, 0.25) is 0 Å². The number of benzene rings is 1. The molecule has 0 aromatic heterocycles. The Morgan fingerprint density at radius 3 is 2.55 bits per heavy atom. The maximum Gasteiger partial charge on any atom is 0.329 e. The highest BCUT2D eigenvalue weighted by atomic mass is 79.9. The molecule has 2 rings (SSSR count). The molecule has 1 unspecified atom stereocenters. The summed E-state index contributed by atoms with van der Waals surface area (Å²) in [6.45, 7) is 1.15. The second-order valence-corrected chi connectivity index (χ2v) is 6.10. The molecule has 1 aromatic carbocycles. The van der Waals surface area contributed by atoms with Gasteiger partial charge < -0.3 is 9.64 Å². The number of likely N-dealkylation sites (tertiary alicyclic amines) is 1. The Labute approximate surface area is 138 Å². The van der Waals surface area contributed by atoms with Crippen molar-refractivity contribution in [3.05, 3.63) is 35.9 Å². The molecule has 116 valence electrons. The van der Waals surface area contributed by atoms with Crippen LogP contribution in [0.5, 0.6) is 0 Å². The first kappa shape index (κ1) is 16.5. The van der Waals surface area contributed by atoms with Crippen LogP contribution in [0.3, 0.4) is 0 Å². The molecule has 5 nitrogen and oxygen atoms in total. The van der Waals surface area contributed by atoms with Crippen molar-refractivity contribution >= 4 is 27.8 Å². The normalized spacial score (nSPS) is 16.6. The van der Waals surface area contributed by atoms with Crippen LogP contribution >= 0.6 is 15.9 Å². The highest BCUT2D eigenvalue weighted by Gasteiger charge is 2.32. The van der Waals surface area contributed by atoms with Crippen molar-refractivity contribution < 1.29 is 14.3 Å². The lowest BCUT2D eigenvalue weighted by molar-refractivity contribution is -0.149. The zero-order valence-corrected chi connectivity index (χ0v) is 13.7. The predicted molar refractivity (Wildman–Crippen MR) is 83.9 cm³/mol. The first-order chi connectivity index (χ1) is 10.6. The summed E-state index contributed by atoms with van der Waals surface area (Å²) in [7, 11) is 0. The summed E-state index contributed by atoms with van der Waals surface area (Å²) in [4.78, 5) is 24.8. The van der Waals surface area contributed by atoms with Crippen molar-refractivity contribution in [3.63, 3.8) is 0 Å². The molecule has 0 N–H and O–H groups in total. The molecule has 22 heavy (non-hydrogen) atoms. The van der Waals surface area contributed by atoms with Gasteiger partial charge in [0.25, 0.3) is 0 Å². The van der Waals surface area contributed by atoms with E-state index < -0.39 is 10.8 Å². The Morgan fingerprint density at radius 2 is 1.95 bits per heavy atom. The van der Waals surface area contributed by atoms with Gasteiger partial charge in [-0.3, -0.25) is 9.59 Å². The number of ether oxygens (including phenoxy) is 1. The molecule has 1 aromatic rings. The van der Waals surface area contributed by atoms with Crippen LogP contribution in [-0.4, -0.2) is 34.7 Å². The van der Waals surface area contributed by atoms with Gasteiger partial charge in [0, 0.05) is 19.0 Å². The van der Waals surface area contributed by atoms with Crippen LogP contribution in [0.1, 0.15) is 18.4 Å². The number of esters is 1. The van der Waals surface area contributed by atoms with Gasteiger partial charge in [-0.25, -0.2) is 0 Å². The maximum atomic E-state index is 12.2. The van der Waals surface area contributed by atoms with E-state index in [1.54, 1.807) is 4.90 Å². The van der Waals surface area contributed by atoms with Crippen LogP contribution in [-0.2, 0) is 20.9 Å². The molecule has 1 atom stereocenters. The van der Waals surface area contributed by atoms with E-state index in [2.05, 4.69) is 22.0 Å². The summed E-state index contributed by atoms with van der Waals surface area (Å²) in [5.74, 6) is -0.881. The number of halogens is 1. The van der Waals surface area contributed by atoms with Crippen molar-refractivity contribution in [2.45, 2.75) is 24.3 Å². The zero-order chi connectivity index (χ0) is 15.9. The van der Waals surface area contributed by atoms with E-state index in [0.717, 1.165) is 5.56 Å². The third kappa shape index (κ3) is 4.31. The molecule has 0 aliphatic carbocycles. The molecule has 0 bridgehead atoms. The van der Waals surface area contributed by atoms with Crippen molar-refractivity contribution in [2.24, 2.45) is 5.92 Å².